The summed E-state index contributed by atoms with van der Waals surface area (Å²) in [6.45, 7) is 8.44. The fraction of sp³-hybridized carbons (Fsp3) is 0.700. The van der Waals surface area contributed by atoms with E-state index in [0.29, 0.717) is 17.9 Å². The van der Waals surface area contributed by atoms with Gasteiger partial charge in [-0.1, -0.05) is 13.8 Å². The van der Waals surface area contributed by atoms with E-state index in [-0.39, 0.29) is 5.92 Å². The first-order chi connectivity index (χ1) is 5.55. The molecule has 0 aromatic heterocycles. The molecule has 66 valence electrons. The number of carbonyl (C=O) groups excluding carboxylic acids is 1. The summed E-state index contributed by atoms with van der Waals surface area (Å²) in [6.07, 6.45) is 0. The SMILES string of the molecule is CC1=C(C)N2C(=O)C(C)C2[C@H]1C. The molecule has 0 bridgehead atoms. The highest BCUT2D eigenvalue weighted by atomic mass is 16.2. The molecule has 12 heavy (non-hydrogen) atoms. The van der Waals surface area contributed by atoms with Crippen LogP contribution in [0.25, 0.3) is 0 Å². The average Bonchev–Trinajstić information content (AvgIpc) is 2.26. The third-order valence-corrected chi connectivity index (χ3v) is 3.56. The standard InChI is InChI=1S/C10H15NO/c1-5-6(2)9-7(3)10(12)11(9)8(5)4/h6-7,9H,1-4H3/t6-,7?,9?/m0/s1. The van der Waals surface area contributed by atoms with Gasteiger partial charge in [-0.3, -0.25) is 4.79 Å². The highest BCUT2D eigenvalue weighted by Crippen LogP contribution is 2.44. The first kappa shape index (κ1) is 7.84. The molecule has 0 aromatic rings. The number of β-lactam (4-membered cyclic amide) rings is 1. The second-order valence-corrected chi connectivity index (χ2v) is 4.04. The van der Waals surface area contributed by atoms with Crippen LogP contribution in [-0.2, 0) is 4.79 Å². The van der Waals surface area contributed by atoms with Gasteiger partial charge in [-0.05, 0) is 19.4 Å². The van der Waals surface area contributed by atoms with Gasteiger partial charge in [-0.25, -0.2) is 0 Å². The van der Waals surface area contributed by atoms with Gasteiger partial charge in [-0.2, -0.15) is 0 Å². The van der Waals surface area contributed by atoms with Crippen molar-refractivity contribution in [3.8, 4) is 0 Å². The molecule has 2 aliphatic heterocycles. The van der Waals surface area contributed by atoms with Gasteiger partial charge in [0.1, 0.15) is 0 Å². The molecule has 2 unspecified atom stereocenters. The first-order valence-corrected chi connectivity index (χ1v) is 4.56. The minimum Gasteiger partial charge on any atom is -0.312 e. The zero-order valence-electron chi connectivity index (χ0n) is 8.09. The molecule has 3 atom stereocenters. The monoisotopic (exact) mass is 165 g/mol. The molecule has 2 heterocycles. The van der Waals surface area contributed by atoms with Crippen molar-refractivity contribution in [3.63, 3.8) is 0 Å². The van der Waals surface area contributed by atoms with Gasteiger partial charge in [-0.15, -0.1) is 0 Å². The van der Waals surface area contributed by atoms with Gasteiger partial charge < -0.3 is 4.90 Å². The van der Waals surface area contributed by atoms with Crippen molar-refractivity contribution < 1.29 is 4.79 Å². The Morgan fingerprint density at radius 1 is 1.17 bits per heavy atom. The Morgan fingerprint density at radius 3 is 2.25 bits per heavy atom. The van der Waals surface area contributed by atoms with Crippen LogP contribution in [0.15, 0.2) is 11.3 Å². The van der Waals surface area contributed by atoms with Crippen LogP contribution in [0.2, 0.25) is 0 Å². The van der Waals surface area contributed by atoms with E-state index in [1.807, 2.05) is 11.8 Å². The van der Waals surface area contributed by atoms with Gasteiger partial charge in [0, 0.05) is 11.6 Å². The van der Waals surface area contributed by atoms with Crippen LogP contribution in [0.5, 0.6) is 0 Å². The summed E-state index contributed by atoms with van der Waals surface area (Å²) in [4.78, 5) is 13.4. The van der Waals surface area contributed by atoms with Crippen LogP contribution in [-0.4, -0.2) is 16.8 Å². The number of hydrogen-bond acceptors (Lipinski definition) is 1. The number of rotatable bonds is 0. The molecule has 1 amide bonds. The largest absolute Gasteiger partial charge is 0.312 e. The second kappa shape index (κ2) is 2.12. The molecule has 2 nitrogen and oxygen atoms in total. The Bertz CT molecular complexity index is 280. The lowest BCUT2D eigenvalue weighted by atomic mass is 9.82. The number of hydrogen-bond donors (Lipinski definition) is 0. The quantitative estimate of drug-likeness (QED) is 0.501. The molecule has 0 N–H and O–H groups in total. The van der Waals surface area contributed by atoms with Crippen molar-refractivity contribution in [3.05, 3.63) is 11.3 Å². The lowest BCUT2D eigenvalue weighted by Gasteiger charge is -2.44. The maximum atomic E-state index is 11.4. The fourth-order valence-corrected chi connectivity index (χ4v) is 2.48. The van der Waals surface area contributed by atoms with E-state index in [1.54, 1.807) is 0 Å². The van der Waals surface area contributed by atoms with Crippen molar-refractivity contribution >= 4 is 5.91 Å². The van der Waals surface area contributed by atoms with Crippen molar-refractivity contribution in [2.24, 2.45) is 11.8 Å². The highest BCUT2D eigenvalue weighted by molar-refractivity contribution is 5.88. The number of nitrogens with zero attached hydrogens (tertiary/aromatic N) is 1. The minimum absolute atomic E-state index is 0.243. The third kappa shape index (κ3) is 0.637. The maximum absolute atomic E-state index is 11.4. The number of allylic oxidation sites excluding steroid dienone is 1. The summed E-state index contributed by atoms with van der Waals surface area (Å²) >= 11 is 0. The molecule has 1 fully saturated rings. The number of amides is 1. The van der Waals surface area contributed by atoms with Gasteiger partial charge in [0.15, 0.2) is 0 Å². The van der Waals surface area contributed by atoms with Crippen LogP contribution in [0.1, 0.15) is 27.7 Å². The van der Waals surface area contributed by atoms with E-state index in [0.717, 1.165) is 0 Å². The lowest BCUT2D eigenvalue weighted by Crippen LogP contribution is -2.58. The Balaban J connectivity index is 2.35. The summed E-state index contributed by atoms with van der Waals surface area (Å²) in [5.74, 6) is 1.12. The molecule has 2 aliphatic rings. The average molecular weight is 165 g/mol. The van der Waals surface area contributed by atoms with E-state index in [4.69, 9.17) is 0 Å². The zero-order valence-corrected chi connectivity index (χ0v) is 8.09. The van der Waals surface area contributed by atoms with Gasteiger partial charge in [0.25, 0.3) is 0 Å². The molecular weight excluding hydrogens is 150 g/mol. The molecule has 2 heteroatoms. The second-order valence-electron chi connectivity index (χ2n) is 4.04. The van der Waals surface area contributed by atoms with Crippen molar-refractivity contribution in [1.29, 1.82) is 0 Å². The lowest BCUT2D eigenvalue weighted by molar-refractivity contribution is -0.150. The summed E-state index contributed by atoms with van der Waals surface area (Å²) in [5, 5.41) is 0. The molecule has 0 spiro atoms. The molecule has 0 radical (unpaired) electrons. The van der Waals surface area contributed by atoms with Crippen LogP contribution in [0.3, 0.4) is 0 Å². The van der Waals surface area contributed by atoms with Crippen molar-refractivity contribution in [2.75, 3.05) is 0 Å². The van der Waals surface area contributed by atoms with Crippen molar-refractivity contribution in [1.82, 2.24) is 4.90 Å². The van der Waals surface area contributed by atoms with Gasteiger partial charge in [0.2, 0.25) is 5.91 Å². The predicted molar refractivity (Wildman–Crippen MR) is 47.3 cm³/mol. The number of fused-ring (bicyclic) bond motifs is 1. The Hall–Kier alpha value is -0.790. The molecule has 0 saturated carbocycles. The molecule has 0 aromatic carbocycles. The normalized spacial score (nSPS) is 40.2. The van der Waals surface area contributed by atoms with Crippen LogP contribution in [0.4, 0.5) is 0 Å². The van der Waals surface area contributed by atoms with Crippen LogP contribution >= 0.6 is 0 Å². The molecule has 0 aliphatic carbocycles. The first-order valence-electron chi connectivity index (χ1n) is 4.56. The van der Waals surface area contributed by atoms with Crippen LogP contribution in [0, 0.1) is 11.8 Å². The van der Waals surface area contributed by atoms with E-state index in [1.165, 1.54) is 11.3 Å². The van der Waals surface area contributed by atoms with E-state index in [9.17, 15) is 4.79 Å². The molecule has 2 rings (SSSR count). The summed E-state index contributed by atoms with van der Waals surface area (Å²) in [7, 11) is 0. The smallest absolute Gasteiger partial charge is 0.231 e. The van der Waals surface area contributed by atoms with Crippen LogP contribution < -0.4 is 0 Å². The van der Waals surface area contributed by atoms with Gasteiger partial charge in [0.05, 0.1) is 12.0 Å². The molecular formula is C10H15NO. The topological polar surface area (TPSA) is 20.3 Å². The third-order valence-electron chi connectivity index (χ3n) is 3.56. The number of carbonyl (C=O) groups is 1. The van der Waals surface area contributed by atoms with E-state index in [2.05, 4.69) is 20.8 Å². The summed E-state index contributed by atoms with van der Waals surface area (Å²) in [5.41, 5.74) is 2.58. The summed E-state index contributed by atoms with van der Waals surface area (Å²) in [6, 6.07) is 0.470. The van der Waals surface area contributed by atoms with E-state index >= 15 is 0 Å². The maximum Gasteiger partial charge on any atom is 0.231 e. The fourth-order valence-electron chi connectivity index (χ4n) is 2.48. The Labute approximate surface area is 73.2 Å². The summed E-state index contributed by atoms with van der Waals surface area (Å²) < 4.78 is 0. The minimum atomic E-state index is 0.243. The Kier molecular flexibility index (Phi) is 1.39. The van der Waals surface area contributed by atoms with Crippen molar-refractivity contribution in [2.45, 2.75) is 33.7 Å². The zero-order chi connectivity index (χ0) is 9.04. The Morgan fingerprint density at radius 2 is 1.75 bits per heavy atom. The molecule has 1 saturated heterocycles. The highest BCUT2D eigenvalue weighted by Gasteiger charge is 2.52. The van der Waals surface area contributed by atoms with Gasteiger partial charge >= 0.3 is 0 Å². The predicted octanol–water partition coefficient (Wildman–Crippen LogP) is 1.78. The van der Waals surface area contributed by atoms with E-state index < -0.39 is 0 Å².